The molecule has 1 N–H and O–H groups in total. The molecule has 0 bridgehead atoms. The number of hydrogen-bond acceptors (Lipinski definition) is 5. The summed E-state index contributed by atoms with van der Waals surface area (Å²) in [5, 5.41) is 3.34. The van der Waals surface area contributed by atoms with Gasteiger partial charge in [-0.15, -0.1) is 0 Å². The number of nitrogens with one attached hydrogen (secondary N) is 1. The van der Waals surface area contributed by atoms with Crippen LogP contribution in [0.1, 0.15) is 73.6 Å². The molecule has 0 unspecified atom stereocenters. The minimum atomic E-state index is -0.254. The number of amides is 1. The molecule has 0 atom stereocenters. The van der Waals surface area contributed by atoms with Crippen LogP contribution in [0.5, 0.6) is 0 Å². The van der Waals surface area contributed by atoms with E-state index in [1.54, 1.807) is 0 Å². The molecule has 1 amide bonds. The molecule has 30 heavy (non-hydrogen) atoms. The lowest BCUT2D eigenvalue weighted by Crippen LogP contribution is -2.51. The summed E-state index contributed by atoms with van der Waals surface area (Å²) in [6.07, 6.45) is 9.31. The van der Waals surface area contributed by atoms with Gasteiger partial charge < -0.3 is 15.1 Å². The van der Waals surface area contributed by atoms with Crippen molar-refractivity contribution < 1.29 is 4.79 Å². The van der Waals surface area contributed by atoms with E-state index < -0.39 is 0 Å². The van der Waals surface area contributed by atoms with Crippen LogP contribution in [0.4, 0.5) is 11.6 Å². The van der Waals surface area contributed by atoms with Gasteiger partial charge in [-0.25, -0.2) is 9.97 Å². The van der Waals surface area contributed by atoms with Crippen molar-refractivity contribution in [1.82, 2.24) is 14.9 Å². The Hall–Kier alpha value is -1.85. The van der Waals surface area contributed by atoms with Crippen LogP contribution in [0.3, 0.4) is 0 Å². The van der Waals surface area contributed by atoms with Crippen LogP contribution in [0, 0.1) is 16.7 Å². The quantitative estimate of drug-likeness (QED) is 0.737. The molecule has 0 radical (unpaired) electrons. The Morgan fingerprint density at radius 1 is 1.03 bits per heavy atom. The van der Waals surface area contributed by atoms with Crippen molar-refractivity contribution in [2.45, 2.75) is 79.7 Å². The lowest BCUT2D eigenvalue weighted by molar-refractivity contribution is -0.143. The van der Waals surface area contributed by atoms with Gasteiger partial charge in [0.2, 0.25) is 11.9 Å². The Kier molecular flexibility index (Phi) is 6.93. The third-order valence-corrected chi connectivity index (χ3v) is 6.81. The van der Waals surface area contributed by atoms with Crippen LogP contribution in [0.15, 0.2) is 12.4 Å². The molecule has 3 rings (SSSR count). The van der Waals surface area contributed by atoms with Gasteiger partial charge in [0.1, 0.15) is 0 Å². The summed E-state index contributed by atoms with van der Waals surface area (Å²) >= 11 is 0. The van der Waals surface area contributed by atoms with Crippen LogP contribution >= 0.6 is 0 Å². The number of carbonyl (C=O) groups excluding carboxylic acids is 1. The molecular weight excluding hydrogens is 374 g/mol. The number of nitrogens with zero attached hydrogens (tertiary/aromatic N) is 4. The van der Waals surface area contributed by atoms with E-state index in [1.807, 2.05) is 12.4 Å². The van der Waals surface area contributed by atoms with Gasteiger partial charge in [-0.3, -0.25) is 4.79 Å². The summed E-state index contributed by atoms with van der Waals surface area (Å²) in [6, 6.07) is 0.378. The molecule has 0 saturated carbocycles. The molecule has 3 heterocycles. The molecule has 2 fully saturated rings. The maximum absolute atomic E-state index is 13.1. The first-order chi connectivity index (χ1) is 14.1. The van der Waals surface area contributed by atoms with E-state index in [9.17, 15) is 4.79 Å². The summed E-state index contributed by atoms with van der Waals surface area (Å²) in [5.74, 6) is 1.72. The second kappa shape index (κ2) is 9.11. The van der Waals surface area contributed by atoms with E-state index in [4.69, 9.17) is 0 Å². The normalized spacial score (nSPS) is 19.6. The van der Waals surface area contributed by atoms with Crippen molar-refractivity contribution in [3.05, 3.63) is 12.4 Å². The zero-order chi connectivity index (χ0) is 21.9. The highest BCUT2D eigenvalue weighted by Crippen LogP contribution is 2.42. The first kappa shape index (κ1) is 22.8. The maximum atomic E-state index is 13.1. The van der Waals surface area contributed by atoms with Crippen LogP contribution in [0.2, 0.25) is 0 Å². The maximum Gasteiger partial charge on any atom is 0.228 e. The Balaban J connectivity index is 1.51. The van der Waals surface area contributed by atoms with E-state index in [0.29, 0.717) is 23.3 Å². The molecule has 1 spiro atoms. The molecule has 1 aromatic rings. The highest BCUT2D eigenvalue weighted by Gasteiger charge is 2.41. The van der Waals surface area contributed by atoms with Gasteiger partial charge in [0.15, 0.2) is 0 Å². The first-order valence-electron chi connectivity index (χ1n) is 11.7. The summed E-state index contributed by atoms with van der Waals surface area (Å²) in [7, 11) is 0. The topological polar surface area (TPSA) is 61.4 Å². The second-order valence-electron chi connectivity index (χ2n) is 10.8. The molecule has 1 aromatic heterocycles. The van der Waals surface area contributed by atoms with Crippen LogP contribution < -0.4 is 10.2 Å². The number of piperidine rings is 2. The number of hydrogen-bond donors (Lipinski definition) is 1. The number of carbonyl (C=O) groups is 1. The van der Waals surface area contributed by atoms with Crippen molar-refractivity contribution in [2.24, 2.45) is 16.7 Å². The average Bonchev–Trinajstić information content (AvgIpc) is 2.68. The lowest BCUT2D eigenvalue weighted by atomic mass is 9.70. The fourth-order valence-electron chi connectivity index (χ4n) is 5.29. The number of anilines is 2. The zero-order valence-corrected chi connectivity index (χ0v) is 19.9. The predicted molar refractivity (Wildman–Crippen MR) is 124 cm³/mol. The zero-order valence-electron chi connectivity index (χ0n) is 19.9. The Morgan fingerprint density at radius 3 is 2.07 bits per heavy atom. The van der Waals surface area contributed by atoms with E-state index in [-0.39, 0.29) is 5.41 Å². The van der Waals surface area contributed by atoms with E-state index >= 15 is 0 Å². The molecule has 6 nitrogen and oxygen atoms in total. The van der Waals surface area contributed by atoms with Crippen LogP contribution in [-0.2, 0) is 4.79 Å². The SMILES string of the molecule is CC(C)CC(C)(C)C(=O)N1CCC2(CC1)CCN(c1ncc(NC(C)C)cn1)CC2. The van der Waals surface area contributed by atoms with Crippen molar-refractivity contribution in [3.8, 4) is 0 Å². The molecule has 168 valence electrons. The second-order valence-corrected chi connectivity index (χ2v) is 10.8. The molecule has 2 aliphatic heterocycles. The monoisotopic (exact) mass is 415 g/mol. The molecule has 2 saturated heterocycles. The molecule has 6 heteroatoms. The molecule has 0 aliphatic carbocycles. The fourth-order valence-corrected chi connectivity index (χ4v) is 5.29. The Labute approximate surface area is 182 Å². The summed E-state index contributed by atoms with van der Waals surface area (Å²) in [6.45, 7) is 16.7. The summed E-state index contributed by atoms with van der Waals surface area (Å²) in [5.41, 5.74) is 1.10. The summed E-state index contributed by atoms with van der Waals surface area (Å²) in [4.78, 5) is 26.6. The van der Waals surface area contributed by atoms with Crippen molar-refractivity contribution in [1.29, 1.82) is 0 Å². The van der Waals surface area contributed by atoms with Gasteiger partial charge in [0.25, 0.3) is 0 Å². The van der Waals surface area contributed by atoms with E-state index in [1.165, 1.54) is 12.8 Å². The average molecular weight is 416 g/mol. The largest absolute Gasteiger partial charge is 0.380 e. The van der Waals surface area contributed by atoms with Crippen LogP contribution in [0.25, 0.3) is 0 Å². The minimum Gasteiger partial charge on any atom is -0.380 e. The third kappa shape index (κ3) is 5.44. The van der Waals surface area contributed by atoms with E-state index in [0.717, 1.165) is 57.1 Å². The van der Waals surface area contributed by atoms with Crippen LogP contribution in [-0.4, -0.2) is 53.0 Å². The van der Waals surface area contributed by atoms with Gasteiger partial charge in [0, 0.05) is 37.6 Å². The highest BCUT2D eigenvalue weighted by atomic mass is 16.2. The smallest absolute Gasteiger partial charge is 0.228 e. The number of likely N-dealkylation sites (tertiary alicyclic amines) is 1. The first-order valence-corrected chi connectivity index (χ1v) is 11.7. The van der Waals surface area contributed by atoms with Crippen molar-refractivity contribution in [2.75, 3.05) is 36.4 Å². The fraction of sp³-hybridized carbons (Fsp3) is 0.792. The Morgan fingerprint density at radius 2 is 1.57 bits per heavy atom. The molecule has 2 aliphatic rings. The minimum absolute atomic E-state index is 0.254. The van der Waals surface area contributed by atoms with Gasteiger partial charge in [-0.1, -0.05) is 27.7 Å². The highest BCUT2D eigenvalue weighted by molar-refractivity contribution is 5.82. The van der Waals surface area contributed by atoms with Gasteiger partial charge in [-0.05, 0) is 57.3 Å². The molecular formula is C24H41N5O. The van der Waals surface area contributed by atoms with Crippen molar-refractivity contribution in [3.63, 3.8) is 0 Å². The summed E-state index contributed by atoms with van der Waals surface area (Å²) < 4.78 is 0. The van der Waals surface area contributed by atoms with Crippen molar-refractivity contribution >= 4 is 17.5 Å². The predicted octanol–water partition coefficient (Wildman–Crippen LogP) is 4.58. The van der Waals surface area contributed by atoms with Gasteiger partial charge >= 0.3 is 0 Å². The molecule has 0 aromatic carbocycles. The van der Waals surface area contributed by atoms with E-state index in [2.05, 4.69) is 66.6 Å². The number of aromatic nitrogens is 2. The number of rotatable bonds is 6. The van der Waals surface area contributed by atoms with Gasteiger partial charge in [0.05, 0.1) is 18.1 Å². The Bertz CT molecular complexity index is 695. The standard InChI is InChI=1S/C24H41N5O/c1-18(2)15-23(5,6)21(30)28-11-7-24(8-12-28)9-13-29(14-10-24)22-25-16-20(17-26-22)27-19(3)4/h16-19,27H,7-15H2,1-6H3. The third-order valence-electron chi connectivity index (χ3n) is 6.81. The van der Waals surface area contributed by atoms with Gasteiger partial charge in [-0.2, -0.15) is 0 Å². The lowest BCUT2D eigenvalue weighted by Gasteiger charge is -2.48.